The topological polar surface area (TPSA) is 55.5 Å². The molecule has 1 aliphatic rings. The monoisotopic (exact) mass is 197 g/mol. The van der Waals surface area contributed by atoms with Crippen LogP contribution < -0.4 is 10.5 Å². The Balaban J connectivity index is 2.68. The van der Waals surface area contributed by atoms with Crippen molar-refractivity contribution in [2.24, 2.45) is 5.73 Å². The van der Waals surface area contributed by atoms with Gasteiger partial charge in [-0.15, -0.1) is 0 Å². The lowest BCUT2D eigenvalue weighted by molar-refractivity contribution is 0.364. The summed E-state index contributed by atoms with van der Waals surface area (Å²) < 4.78 is 18.4. The van der Waals surface area contributed by atoms with Crippen LogP contribution in [0.15, 0.2) is 6.07 Å². The van der Waals surface area contributed by atoms with E-state index >= 15 is 0 Å². The fourth-order valence-corrected chi connectivity index (χ4v) is 1.98. The van der Waals surface area contributed by atoms with Gasteiger partial charge in [0.2, 0.25) is 0 Å². The van der Waals surface area contributed by atoms with Crippen LogP contribution in [0.1, 0.15) is 23.6 Å². The van der Waals surface area contributed by atoms with Crippen LogP contribution in [0, 0.1) is 5.82 Å². The zero-order valence-electron chi connectivity index (χ0n) is 7.88. The van der Waals surface area contributed by atoms with Gasteiger partial charge in [0.25, 0.3) is 0 Å². The van der Waals surface area contributed by atoms with E-state index in [2.05, 4.69) is 0 Å². The molecule has 0 heterocycles. The molecular weight excluding hydrogens is 185 g/mol. The molecule has 0 unspecified atom stereocenters. The van der Waals surface area contributed by atoms with E-state index in [1.165, 1.54) is 7.11 Å². The average Bonchev–Trinajstić information content (AvgIpc) is 2.50. The number of phenols is 1. The third kappa shape index (κ3) is 1.14. The first-order chi connectivity index (χ1) is 6.65. The average molecular weight is 197 g/mol. The van der Waals surface area contributed by atoms with Crippen LogP contribution in [0.4, 0.5) is 4.39 Å². The van der Waals surface area contributed by atoms with Crippen molar-refractivity contribution in [3.63, 3.8) is 0 Å². The molecule has 3 nitrogen and oxygen atoms in total. The van der Waals surface area contributed by atoms with Gasteiger partial charge in [-0.1, -0.05) is 0 Å². The molecule has 0 amide bonds. The van der Waals surface area contributed by atoms with Gasteiger partial charge in [-0.2, -0.15) is 0 Å². The van der Waals surface area contributed by atoms with E-state index in [0.29, 0.717) is 29.7 Å². The van der Waals surface area contributed by atoms with Crippen LogP contribution in [0.5, 0.6) is 11.5 Å². The number of aromatic hydroxyl groups is 1. The van der Waals surface area contributed by atoms with Crippen LogP contribution in [-0.4, -0.2) is 12.2 Å². The second-order valence-electron chi connectivity index (χ2n) is 3.45. The van der Waals surface area contributed by atoms with Gasteiger partial charge >= 0.3 is 0 Å². The molecular formula is C10H12FNO2. The minimum atomic E-state index is -0.397. The summed E-state index contributed by atoms with van der Waals surface area (Å²) in [6.45, 7) is 0. The molecule has 0 spiro atoms. The van der Waals surface area contributed by atoms with E-state index in [0.717, 1.165) is 6.07 Å². The molecule has 0 radical (unpaired) electrons. The first-order valence-electron chi connectivity index (χ1n) is 4.49. The Kier molecular flexibility index (Phi) is 2.07. The van der Waals surface area contributed by atoms with Crippen LogP contribution >= 0.6 is 0 Å². The molecule has 1 aromatic rings. The van der Waals surface area contributed by atoms with E-state index in [1.807, 2.05) is 0 Å². The van der Waals surface area contributed by atoms with Gasteiger partial charge in [-0.25, -0.2) is 4.39 Å². The lowest BCUT2D eigenvalue weighted by Gasteiger charge is -2.13. The molecule has 0 bridgehead atoms. The molecule has 4 heteroatoms. The number of rotatable bonds is 1. The number of ether oxygens (including phenoxy) is 1. The zero-order chi connectivity index (χ0) is 10.3. The molecule has 2 rings (SSSR count). The summed E-state index contributed by atoms with van der Waals surface area (Å²) >= 11 is 0. The molecule has 76 valence electrons. The highest BCUT2D eigenvalue weighted by molar-refractivity contribution is 5.54. The van der Waals surface area contributed by atoms with Crippen molar-refractivity contribution in [3.8, 4) is 11.5 Å². The first kappa shape index (κ1) is 9.27. The van der Waals surface area contributed by atoms with Crippen molar-refractivity contribution in [2.45, 2.75) is 18.9 Å². The lowest BCUT2D eigenvalue weighted by atomic mass is 10.1. The Morgan fingerprint density at radius 1 is 1.64 bits per heavy atom. The highest BCUT2D eigenvalue weighted by Gasteiger charge is 2.28. The molecule has 1 atom stereocenters. The fourth-order valence-electron chi connectivity index (χ4n) is 1.98. The Hall–Kier alpha value is -1.29. The van der Waals surface area contributed by atoms with Crippen molar-refractivity contribution in [1.82, 2.24) is 0 Å². The number of nitrogens with two attached hydrogens (primary N) is 1. The standard InChI is InChI=1S/C10H12FNO2/c1-14-10-8(13)4-6(11)5-2-3-7(12)9(5)10/h4,7,13H,2-3,12H2,1H3/t7-/m1/s1. The summed E-state index contributed by atoms with van der Waals surface area (Å²) in [6.07, 6.45) is 1.31. The molecule has 0 saturated carbocycles. The smallest absolute Gasteiger partial charge is 0.165 e. The molecule has 0 fully saturated rings. The second kappa shape index (κ2) is 3.13. The Morgan fingerprint density at radius 3 is 3.00 bits per heavy atom. The number of methoxy groups -OCH3 is 1. The number of benzene rings is 1. The number of hydrogen-bond acceptors (Lipinski definition) is 3. The van der Waals surface area contributed by atoms with Gasteiger partial charge < -0.3 is 15.6 Å². The van der Waals surface area contributed by atoms with Crippen molar-refractivity contribution in [3.05, 3.63) is 23.0 Å². The molecule has 0 aromatic heterocycles. The molecule has 14 heavy (non-hydrogen) atoms. The molecule has 3 N–H and O–H groups in total. The van der Waals surface area contributed by atoms with Gasteiger partial charge in [0, 0.05) is 17.7 Å². The van der Waals surface area contributed by atoms with Gasteiger partial charge in [0.1, 0.15) is 5.82 Å². The normalized spacial score (nSPS) is 19.5. The van der Waals surface area contributed by atoms with Gasteiger partial charge in [0.15, 0.2) is 11.5 Å². The van der Waals surface area contributed by atoms with Crippen LogP contribution in [0.3, 0.4) is 0 Å². The van der Waals surface area contributed by atoms with Crippen molar-refractivity contribution < 1.29 is 14.2 Å². The second-order valence-corrected chi connectivity index (χ2v) is 3.45. The molecule has 0 saturated heterocycles. The number of hydrogen-bond donors (Lipinski definition) is 2. The number of phenolic OH excluding ortho intramolecular Hbond substituents is 1. The summed E-state index contributed by atoms with van der Waals surface area (Å²) in [4.78, 5) is 0. The zero-order valence-corrected chi connectivity index (χ0v) is 7.88. The maximum Gasteiger partial charge on any atom is 0.165 e. The summed E-state index contributed by atoms with van der Waals surface area (Å²) in [7, 11) is 1.44. The van der Waals surface area contributed by atoms with Gasteiger partial charge in [-0.05, 0) is 18.4 Å². The summed E-state index contributed by atoms with van der Waals surface area (Å²) in [5.41, 5.74) is 6.99. The van der Waals surface area contributed by atoms with Gasteiger partial charge in [-0.3, -0.25) is 0 Å². The predicted molar refractivity (Wildman–Crippen MR) is 49.9 cm³/mol. The van der Waals surface area contributed by atoms with Crippen LogP contribution in [0.2, 0.25) is 0 Å². The summed E-state index contributed by atoms with van der Waals surface area (Å²) in [5.74, 6) is -0.265. The third-order valence-corrected chi connectivity index (χ3v) is 2.63. The van der Waals surface area contributed by atoms with E-state index in [4.69, 9.17) is 10.5 Å². The van der Waals surface area contributed by atoms with Crippen LogP contribution in [-0.2, 0) is 6.42 Å². The lowest BCUT2D eigenvalue weighted by Crippen LogP contribution is -2.07. The SMILES string of the molecule is COc1c(O)cc(F)c2c1[C@H](N)CC2. The van der Waals surface area contributed by atoms with E-state index in [9.17, 15) is 9.50 Å². The molecule has 1 aliphatic carbocycles. The van der Waals surface area contributed by atoms with E-state index in [-0.39, 0.29) is 11.8 Å². The van der Waals surface area contributed by atoms with Gasteiger partial charge in [0.05, 0.1) is 7.11 Å². The fraction of sp³-hybridized carbons (Fsp3) is 0.400. The van der Waals surface area contributed by atoms with Crippen molar-refractivity contribution in [1.29, 1.82) is 0 Å². The molecule has 0 aliphatic heterocycles. The first-order valence-corrected chi connectivity index (χ1v) is 4.49. The summed E-state index contributed by atoms with van der Waals surface area (Å²) in [6, 6.07) is 0.844. The number of fused-ring (bicyclic) bond motifs is 1. The highest BCUT2D eigenvalue weighted by Crippen LogP contribution is 2.43. The maximum absolute atomic E-state index is 13.4. The third-order valence-electron chi connectivity index (χ3n) is 2.63. The van der Waals surface area contributed by atoms with Crippen molar-refractivity contribution in [2.75, 3.05) is 7.11 Å². The van der Waals surface area contributed by atoms with Crippen LogP contribution in [0.25, 0.3) is 0 Å². The summed E-state index contributed by atoms with van der Waals surface area (Å²) in [5, 5.41) is 9.45. The van der Waals surface area contributed by atoms with E-state index < -0.39 is 5.82 Å². The Morgan fingerprint density at radius 2 is 2.36 bits per heavy atom. The molecule has 1 aromatic carbocycles. The van der Waals surface area contributed by atoms with Crippen molar-refractivity contribution >= 4 is 0 Å². The Labute approximate surface area is 81.3 Å². The quantitative estimate of drug-likeness (QED) is 0.717. The minimum Gasteiger partial charge on any atom is -0.504 e. The maximum atomic E-state index is 13.4. The van der Waals surface area contributed by atoms with E-state index in [1.54, 1.807) is 0 Å². The largest absolute Gasteiger partial charge is 0.504 e. The minimum absolute atomic E-state index is 0.180. The highest BCUT2D eigenvalue weighted by atomic mass is 19.1. The Bertz CT molecular complexity index is 379. The number of halogens is 1. The predicted octanol–water partition coefficient (Wildman–Crippen LogP) is 1.49.